The van der Waals surface area contributed by atoms with Crippen molar-refractivity contribution >= 4 is 35.8 Å². The summed E-state index contributed by atoms with van der Waals surface area (Å²) in [6, 6.07) is 0. The molecule has 0 rings (SSSR count). The fourth-order valence-electron chi connectivity index (χ4n) is 16.5. The number of esters is 6. The Labute approximate surface area is 845 Å². The van der Waals surface area contributed by atoms with Gasteiger partial charge in [-0.25, -0.2) is 0 Å². The largest absolute Gasteiger partial charge is 2.00 e. The Hall–Kier alpha value is 1.16. The quantitative estimate of drug-likeness (QED) is 0.0192. The number of carbonyl (C=O) groups is 6. The van der Waals surface area contributed by atoms with Crippen LogP contribution in [-0.4, -0.2) is 35.8 Å². The van der Waals surface area contributed by atoms with Gasteiger partial charge in [-0.15, -0.1) is 0 Å². The average molecular weight is 2050 g/mol. The molecule has 696 valence electrons. The number of hydrogen-bond acceptors (Lipinski definition) is 9. The second kappa shape index (κ2) is 132. The van der Waals surface area contributed by atoms with Crippen molar-refractivity contribution in [1.29, 1.82) is 0 Å². The molecule has 0 radical (unpaired) electrons. The van der Waals surface area contributed by atoms with Crippen molar-refractivity contribution in [3.05, 3.63) is 0 Å². The van der Waals surface area contributed by atoms with Gasteiger partial charge in [0.25, 0.3) is 0 Å². The molecule has 0 aromatic rings. The van der Waals surface area contributed by atoms with E-state index in [4.69, 9.17) is 14.2 Å². The Morgan fingerprint density at radius 1 is 0.106 bits per heavy atom. The number of rotatable bonds is 96. The van der Waals surface area contributed by atoms with Crippen LogP contribution in [-0.2, 0) is 160 Å². The monoisotopic (exact) mass is 2040 g/mol. The zero-order chi connectivity index (χ0) is 85.5. The van der Waals surface area contributed by atoms with Crippen LogP contribution in [0.25, 0.3) is 0 Å². The first-order valence-electron chi connectivity index (χ1n) is 53.8. The van der Waals surface area contributed by atoms with Crippen LogP contribution < -0.4 is 0 Å². The third-order valence-corrected chi connectivity index (χ3v) is 24.6. The van der Waals surface area contributed by atoms with Crippen molar-refractivity contribution in [3.63, 3.8) is 0 Å². The molecule has 0 fully saturated rings. The molecule has 0 spiro atoms. The first kappa shape index (κ1) is 142. The molecule has 123 heavy (non-hydrogen) atoms. The van der Waals surface area contributed by atoms with Crippen molar-refractivity contribution in [2.45, 2.75) is 658 Å². The van der Waals surface area contributed by atoms with Crippen molar-refractivity contribution in [1.82, 2.24) is 0 Å². The number of carbonyl (C=O) groups excluding carboxylic acids is 6. The molecule has 0 aromatic carbocycles. The van der Waals surface area contributed by atoms with Gasteiger partial charge >= 0.3 is 153 Å². The van der Waals surface area contributed by atoms with Gasteiger partial charge in [0.05, 0.1) is 0 Å². The fraction of sp³-hybridized carbons (Fsp3) is 0.944. The topological polar surface area (TPSA) is 130 Å². The number of unbranched alkanes of at least 4 members (excludes halogenated alkanes) is 84. The molecule has 15 heteroatoms. The Balaban J connectivity index is -0.000000221. The van der Waals surface area contributed by atoms with Crippen molar-refractivity contribution in [2.75, 3.05) is 0 Å². The molecule has 0 aliphatic carbocycles. The maximum atomic E-state index is 11.9. The second-order valence-electron chi connectivity index (χ2n) is 36.7. The first-order chi connectivity index (χ1) is 57.6. The minimum Gasteiger partial charge on any atom is -0.393 e. The van der Waals surface area contributed by atoms with E-state index in [1.807, 2.05) is 0 Å². The van der Waals surface area contributed by atoms with E-state index < -0.39 is 0 Å². The summed E-state index contributed by atoms with van der Waals surface area (Å²) in [6.45, 7) is 13.7. The first-order valence-corrected chi connectivity index (χ1v) is 53.8. The van der Waals surface area contributed by atoms with Crippen LogP contribution in [0.5, 0.6) is 0 Å². The smallest absolute Gasteiger partial charge is 0.393 e. The van der Waals surface area contributed by atoms with Gasteiger partial charge in [-0.05, 0) is 38.5 Å². The summed E-state index contributed by atoms with van der Waals surface area (Å²) in [7, 11) is 0. The van der Waals surface area contributed by atoms with Gasteiger partial charge in [0.15, 0.2) is 0 Å². The molecular weight excluding hydrogens is 1830 g/mol. The Morgan fingerprint density at radius 3 is 0.228 bits per heavy atom. The van der Waals surface area contributed by atoms with E-state index in [1.165, 1.54) is 501 Å². The number of hydrogen-bond donors (Lipinski definition) is 0. The molecule has 0 unspecified atom stereocenters. The van der Waals surface area contributed by atoms with Crippen molar-refractivity contribution < 1.29 is 160 Å². The summed E-state index contributed by atoms with van der Waals surface area (Å²) >= 11 is 0. The standard InChI is InChI=1S/3C36H70O3.6Zn/c3*1-3-5-7-9-11-13-15-17-19-21-23-25-27-29-31-33-35(37)39-36(38)34-32-30-28-26-24-22-20-18-16-14-12-10-8-6-4-2;;;;;;/h3*3-34H2,1-2H3;;;;;;/q;;;6*+2. The maximum Gasteiger partial charge on any atom is 2.00 e. The van der Waals surface area contributed by atoms with E-state index >= 15 is 0 Å². The molecule has 0 aliphatic heterocycles. The molecule has 0 amide bonds. The van der Waals surface area contributed by atoms with Gasteiger partial charge in [-0.1, -0.05) is 581 Å². The Bertz CT molecular complexity index is 1620. The van der Waals surface area contributed by atoms with Gasteiger partial charge in [-0.3, -0.25) is 28.8 Å². The molecule has 0 bridgehead atoms. The molecule has 0 heterocycles. The van der Waals surface area contributed by atoms with Crippen LogP contribution in [0.1, 0.15) is 658 Å². The van der Waals surface area contributed by atoms with E-state index in [-0.39, 0.29) is 153 Å². The van der Waals surface area contributed by atoms with E-state index in [0.29, 0.717) is 38.5 Å². The van der Waals surface area contributed by atoms with Gasteiger partial charge in [0.2, 0.25) is 0 Å². The summed E-state index contributed by atoms with van der Waals surface area (Å²) in [5, 5.41) is 0. The number of ether oxygens (including phenoxy) is 3. The van der Waals surface area contributed by atoms with Gasteiger partial charge in [0.1, 0.15) is 0 Å². The minimum atomic E-state index is -0.323. The van der Waals surface area contributed by atoms with Crippen LogP contribution in [0.3, 0.4) is 0 Å². The van der Waals surface area contributed by atoms with Crippen molar-refractivity contribution in [3.8, 4) is 0 Å². The molecule has 9 nitrogen and oxygen atoms in total. The van der Waals surface area contributed by atoms with Crippen LogP contribution in [0.15, 0.2) is 0 Å². The van der Waals surface area contributed by atoms with Crippen molar-refractivity contribution in [2.24, 2.45) is 0 Å². The maximum absolute atomic E-state index is 11.9. The fourth-order valence-corrected chi connectivity index (χ4v) is 16.5. The zero-order valence-corrected chi connectivity index (χ0v) is 103. The third-order valence-electron chi connectivity index (χ3n) is 24.6. The predicted molar refractivity (Wildman–Crippen MR) is 511 cm³/mol. The average Bonchev–Trinajstić information content (AvgIpc) is 1.00. The summed E-state index contributed by atoms with van der Waals surface area (Å²) in [6.07, 6.45) is 120. The van der Waals surface area contributed by atoms with Crippen LogP contribution in [0.4, 0.5) is 0 Å². The summed E-state index contributed by atoms with van der Waals surface area (Å²) in [5.41, 5.74) is 0. The molecule has 0 saturated heterocycles. The molecule has 0 aliphatic rings. The predicted octanol–water partition coefficient (Wildman–Crippen LogP) is 37.7. The van der Waals surface area contributed by atoms with E-state index in [0.717, 1.165) is 77.0 Å². The van der Waals surface area contributed by atoms with Gasteiger partial charge in [0, 0.05) is 38.5 Å². The normalized spacial score (nSPS) is 10.7. The summed E-state index contributed by atoms with van der Waals surface area (Å²) in [5.74, 6) is -1.94. The van der Waals surface area contributed by atoms with Crippen LogP contribution >= 0.6 is 0 Å². The van der Waals surface area contributed by atoms with E-state index in [9.17, 15) is 28.8 Å². The van der Waals surface area contributed by atoms with E-state index in [2.05, 4.69) is 41.5 Å². The Morgan fingerprint density at radius 2 is 0.163 bits per heavy atom. The zero-order valence-electron chi connectivity index (χ0n) is 84.8. The summed E-state index contributed by atoms with van der Waals surface area (Å²) < 4.78 is 15.0. The van der Waals surface area contributed by atoms with Gasteiger partial charge in [-0.2, -0.15) is 0 Å². The van der Waals surface area contributed by atoms with Gasteiger partial charge < -0.3 is 14.2 Å². The van der Waals surface area contributed by atoms with Crippen LogP contribution in [0, 0.1) is 0 Å². The molecule has 0 aromatic heterocycles. The molecular formula is C108H210O9Zn6+12. The minimum absolute atomic E-state index is 0. The second-order valence-corrected chi connectivity index (χ2v) is 36.7. The SMILES string of the molecule is CCCCCCCCCCCCCCCCCC(=O)OC(=O)CCCCCCCCCCCCCCCCC.CCCCCCCCCCCCCCCCCC(=O)OC(=O)CCCCCCCCCCCCCCCCC.CCCCCCCCCCCCCCCCCC(=O)OC(=O)CCCCCCCCCCCCCCCCC.[Zn+2].[Zn+2].[Zn+2].[Zn+2].[Zn+2].[Zn+2]. The van der Waals surface area contributed by atoms with E-state index in [1.54, 1.807) is 0 Å². The van der Waals surface area contributed by atoms with Crippen LogP contribution in [0.2, 0.25) is 0 Å². The summed E-state index contributed by atoms with van der Waals surface area (Å²) in [4.78, 5) is 71.4. The molecule has 0 N–H and O–H groups in total. The third kappa shape index (κ3) is 136. The molecule has 0 atom stereocenters. The Kier molecular flexibility index (Phi) is 152. The molecule has 0 saturated carbocycles.